The molecule has 4 rings (SSSR count). The summed E-state index contributed by atoms with van der Waals surface area (Å²) < 4.78 is 64.1. The largest absolute Gasteiger partial charge is 0.417 e. The first-order chi connectivity index (χ1) is 18.8. The molecule has 0 spiro atoms. The third-order valence-corrected chi connectivity index (χ3v) is 9.55. The molecule has 40 heavy (non-hydrogen) atoms. The van der Waals surface area contributed by atoms with Crippen LogP contribution in [0.1, 0.15) is 52.9 Å². The number of hydrogen-bond acceptors (Lipinski definition) is 7. The van der Waals surface area contributed by atoms with E-state index in [1.165, 1.54) is 29.0 Å². The fraction of sp³-hybridized carbons (Fsp3) is 0.577. The van der Waals surface area contributed by atoms with Gasteiger partial charge in [0, 0.05) is 44.3 Å². The summed E-state index contributed by atoms with van der Waals surface area (Å²) in [4.78, 5) is 26.0. The normalized spacial score (nSPS) is 18.4. The monoisotopic (exact) mass is 602 g/mol. The molecule has 3 heterocycles. The van der Waals surface area contributed by atoms with Gasteiger partial charge in [-0.2, -0.15) is 13.2 Å². The van der Waals surface area contributed by atoms with Crippen molar-refractivity contribution in [2.45, 2.75) is 57.4 Å². The number of sulfonamides is 1. The Morgan fingerprint density at radius 1 is 1.12 bits per heavy atom. The Hall–Kier alpha value is -2.48. The van der Waals surface area contributed by atoms with Gasteiger partial charge in [0.25, 0.3) is 5.91 Å². The van der Waals surface area contributed by atoms with Gasteiger partial charge in [-0.05, 0) is 63.4 Å². The van der Waals surface area contributed by atoms with Crippen LogP contribution < -0.4 is 5.32 Å². The highest BCUT2D eigenvalue weighted by Gasteiger charge is 2.34. The Labute approximate surface area is 237 Å². The van der Waals surface area contributed by atoms with Gasteiger partial charge < -0.3 is 15.1 Å². The van der Waals surface area contributed by atoms with E-state index in [1.807, 2.05) is 0 Å². The predicted molar refractivity (Wildman–Crippen MR) is 147 cm³/mol. The molecule has 0 atom stereocenters. The molecule has 0 saturated carbocycles. The van der Waals surface area contributed by atoms with Gasteiger partial charge >= 0.3 is 6.18 Å². The molecule has 1 N–H and O–H groups in total. The zero-order valence-electron chi connectivity index (χ0n) is 22.7. The number of halogens is 4. The van der Waals surface area contributed by atoms with Crippen LogP contribution in [0, 0.1) is 6.92 Å². The molecule has 0 radical (unpaired) electrons. The topological polar surface area (TPSA) is 98.7 Å². The van der Waals surface area contributed by atoms with Crippen molar-refractivity contribution in [1.82, 2.24) is 24.1 Å². The molecule has 14 heteroatoms. The average molecular weight is 603 g/mol. The first kappa shape index (κ1) is 30.5. The van der Waals surface area contributed by atoms with Crippen molar-refractivity contribution in [1.29, 1.82) is 0 Å². The number of rotatable bonds is 7. The summed E-state index contributed by atoms with van der Waals surface area (Å²) in [5.41, 5.74) is 0.491. The minimum atomic E-state index is -4.52. The lowest BCUT2D eigenvalue weighted by molar-refractivity contribution is -0.137. The number of alkyl halides is 3. The molecule has 1 aromatic carbocycles. The first-order valence-electron chi connectivity index (χ1n) is 13.1. The number of anilines is 1. The summed E-state index contributed by atoms with van der Waals surface area (Å²) in [6.45, 7) is 4.73. The van der Waals surface area contributed by atoms with Gasteiger partial charge in [0.2, 0.25) is 10.0 Å². The Bertz CT molecular complexity index is 1330. The number of piperidine rings is 2. The number of amides is 1. The number of nitrogens with one attached hydrogen (secondary N) is 1. The number of aromatic nitrogens is 2. The SMILES string of the molecule is Cc1c(NCc2ccc(C(F)(F)F)c(Cl)c2)ncnc1C(=O)N1CCC(N2CCC(N(C)S(C)(=O)=O)CC2)CC1. The predicted octanol–water partition coefficient (Wildman–Crippen LogP) is 4.03. The highest BCUT2D eigenvalue weighted by Crippen LogP contribution is 2.35. The van der Waals surface area contributed by atoms with E-state index in [1.54, 1.807) is 18.9 Å². The van der Waals surface area contributed by atoms with E-state index in [0.717, 1.165) is 44.8 Å². The maximum absolute atomic E-state index is 13.3. The molecule has 0 unspecified atom stereocenters. The van der Waals surface area contributed by atoms with Crippen molar-refractivity contribution >= 4 is 33.3 Å². The van der Waals surface area contributed by atoms with Crippen LogP contribution in [0.15, 0.2) is 24.5 Å². The molecule has 0 bridgehead atoms. The maximum Gasteiger partial charge on any atom is 0.417 e. The lowest BCUT2D eigenvalue weighted by Gasteiger charge is -2.43. The zero-order valence-corrected chi connectivity index (χ0v) is 24.3. The van der Waals surface area contributed by atoms with Crippen LogP contribution in [0.25, 0.3) is 0 Å². The van der Waals surface area contributed by atoms with Crippen LogP contribution in [0.2, 0.25) is 5.02 Å². The number of carbonyl (C=O) groups is 1. The van der Waals surface area contributed by atoms with E-state index < -0.39 is 21.8 Å². The highest BCUT2D eigenvalue weighted by atomic mass is 35.5. The van der Waals surface area contributed by atoms with Crippen molar-refractivity contribution in [3.05, 3.63) is 51.9 Å². The van der Waals surface area contributed by atoms with E-state index in [4.69, 9.17) is 11.6 Å². The van der Waals surface area contributed by atoms with Gasteiger partial charge in [0.1, 0.15) is 17.8 Å². The Morgan fingerprint density at radius 3 is 2.35 bits per heavy atom. The first-order valence-corrected chi connectivity index (χ1v) is 15.4. The zero-order chi connectivity index (χ0) is 29.2. The van der Waals surface area contributed by atoms with Gasteiger partial charge in [-0.15, -0.1) is 0 Å². The summed E-state index contributed by atoms with van der Waals surface area (Å²) >= 11 is 5.82. The average Bonchev–Trinajstić information content (AvgIpc) is 2.91. The second kappa shape index (κ2) is 12.2. The van der Waals surface area contributed by atoms with Crippen LogP contribution >= 0.6 is 11.6 Å². The van der Waals surface area contributed by atoms with Gasteiger partial charge in [0.15, 0.2) is 0 Å². The Kier molecular flexibility index (Phi) is 9.28. The lowest BCUT2D eigenvalue weighted by atomic mass is 9.97. The second-order valence-electron chi connectivity index (χ2n) is 10.4. The molecule has 0 aliphatic carbocycles. The molecule has 2 fully saturated rings. The van der Waals surface area contributed by atoms with Crippen molar-refractivity contribution in [2.75, 3.05) is 44.8 Å². The molecule has 1 aromatic heterocycles. The van der Waals surface area contributed by atoms with E-state index in [9.17, 15) is 26.4 Å². The lowest BCUT2D eigenvalue weighted by Crippen LogP contribution is -2.52. The standard InChI is InChI=1S/C26H34ClF3N6O3S/c1-17-23(32-16-33-24(17)31-15-18-4-5-21(22(27)14-18)26(28,29)30)25(37)36-12-8-20(9-13-36)35-10-6-19(7-11-35)34(2)40(3,38)39/h4-5,14,16,19-20H,6-13,15H2,1-3H3,(H,31,32,33). The summed E-state index contributed by atoms with van der Waals surface area (Å²) in [7, 11) is -1.57. The van der Waals surface area contributed by atoms with Crippen LogP contribution in [-0.4, -0.2) is 90.0 Å². The number of hydrogen-bond donors (Lipinski definition) is 1. The molecule has 2 aliphatic rings. The molecule has 2 aromatic rings. The van der Waals surface area contributed by atoms with Crippen molar-refractivity contribution in [2.24, 2.45) is 0 Å². The third-order valence-electron chi connectivity index (χ3n) is 7.89. The summed E-state index contributed by atoms with van der Waals surface area (Å²) in [6, 6.07) is 3.92. The van der Waals surface area contributed by atoms with Crippen LogP contribution in [0.3, 0.4) is 0 Å². The van der Waals surface area contributed by atoms with E-state index in [2.05, 4.69) is 20.2 Å². The van der Waals surface area contributed by atoms with Crippen molar-refractivity contribution in [3.63, 3.8) is 0 Å². The van der Waals surface area contributed by atoms with Gasteiger partial charge in [-0.3, -0.25) is 4.79 Å². The van der Waals surface area contributed by atoms with Crippen LogP contribution in [0.4, 0.5) is 19.0 Å². The molecule has 9 nitrogen and oxygen atoms in total. The fourth-order valence-corrected chi connectivity index (χ4v) is 6.46. The van der Waals surface area contributed by atoms with E-state index in [0.29, 0.717) is 36.1 Å². The number of nitrogens with zero attached hydrogens (tertiary/aromatic N) is 5. The quantitative estimate of drug-likeness (QED) is 0.511. The smallest absolute Gasteiger partial charge is 0.366 e. The highest BCUT2D eigenvalue weighted by molar-refractivity contribution is 7.88. The number of benzene rings is 1. The molecule has 1 amide bonds. The minimum absolute atomic E-state index is 0.0210. The molecule has 2 aliphatic heterocycles. The van der Waals surface area contributed by atoms with Gasteiger partial charge in [0.05, 0.1) is 16.8 Å². The van der Waals surface area contributed by atoms with E-state index >= 15 is 0 Å². The molecule has 2 saturated heterocycles. The Morgan fingerprint density at radius 2 is 1.77 bits per heavy atom. The number of carbonyl (C=O) groups excluding carboxylic acids is 1. The molecular formula is C26H34ClF3N6O3S. The maximum atomic E-state index is 13.3. The summed E-state index contributed by atoms with van der Waals surface area (Å²) in [6.07, 6.45) is 1.23. The molecular weight excluding hydrogens is 569 g/mol. The van der Waals surface area contributed by atoms with Gasteiger partial charge in [-0.1, -0.05) is 17.7 Å². The minimum Gasteiger partial charge on any atom is -0.366 e. The van der Waals surface area contributed by atoms with Gasteiger partial charge in [-0.25, -0.2) is 22.7 Å². The van der Waals surface area contributed by atoms with Crippen LogP contribution in [0.5, 0.6) is 0 Å². The second-order valence-corrected chi connectivity index (χ2v) is 12.9. The van der Waals surface area contributed by atoms with Crippen molar-refractivity contribution < 1.29 is 26.4 Å². The number of likely N-dealkylation sites (tertiary alicyclic amines) is 2. The fourth-order valence-electron chi connectivity index (χ4n) is 5.40. The van der Waals surface area contributed by atoms with E-state index in [-0.39, 0.29) is 29.2 Å². The van der Waals surface area contributed by atoms with Crippen molar-refractivity contribution in [3.8, 4) is 0 Å². The summed E-state index contributed by atoms with van der Waals surface area (Å²) in [5.74, 6) is 0.235. The third kappa shape index (κ3) is 7.04. The summed E-state index contributed by atoms with van der Waals surface area (Å²) in [5, 5.41) is 2.70. The molecule has 220 valence electrons. The Balaban J connectivity index is 1.32. The van der Waals surface area contributed by atoms with Crippen LogP contribution in [-0.2, 0) is 22.7 Å².